The number of fused-ring (bicyclic) bond motifs is 1. The number of nitrogens with zero attached hydrogens (tertiary/aromatic N) is 2. The SMILES string of the molecule is CC12CCCCC1(C)SN=C(Oc1ccc([N+](=O)[O-])cc1)O2. The molecule has 1 heterocycles. The van der Waals surface area contributed by atoms with Crippen LogP contribution < -0.4 is 4.74 Å². The van der Waals surface area contributed by atoms with Crippen LogP contribution in [0.2, 0.25) is 0 Å². The van der Waals surface area contributed by atoms with Crippen LogP contribution in [0.3, 0.4) is 0 Å². The standard InChI is InChI=1S/C15H18N2O4S/c1-14-9-3-4-10-15(14,2)22-16-13(21-14)20-12-7-5-11(6-8-12)17(18)19/h5-8H,3-4,9-10H2,1-2H3. The normalized spacial score (nSPS) is 30.7. The van der Waals surface area contributed by atoms with Crippen molar-refractivity contribution >= 4 is 23.7 Å². The van der Waals surface area contributed by atoms with E-state index in [1.165, 1.54) is 30.5 Å². The van der Waals surface area contributed by atoms with Crippen molar-refractivity contribution < 1.29 is 14.4 Å². The van der Waals surface area contributed by atoms with Crippen LogP contribution in [0.5, 0.6) is 5.75 Å². The molecule has 0 bridgehead atoms. The zero-order valence-corrected chi connectivity index (χ0v) is 13.4. The Labute approximate surface area is 133 Å². The first kappa shape index (κ1) is 15.1. The van der Waals surface area contributed by atoms with Gasteiger partial charge in [-0.2, -0.15) is 0 Å². The van der Waals surface area contributed by atoms with Crippen LogP contribution >= 0.6 is 11.9 Å². The van der Waals surface area contributed by atoms with E-state index in [0.29, 0.717) is 5.75 Å². The van der Waals surface area contributed by atoms with E-state index in [-0.39, 0.29) is 22.1 Å². The van der Waals surface area contributed by atoms with Crippen LogP contribution in [0.25, 0.3) is 0 Å². The van der Waals surface area contributed by atoms with Gasteiger partial charge >= 0.3 is 6.08 Å². The lowest BCUT2D eigenvalue weighted by molar-refractivity contribution is -0.384. The van der Waals surface area contributed by atoms with Gasteiger partial charge in [-0.3, -0.25) is 10.1 Å². The van der Waals surface area contributed by atoms with Crippen LogP contribution in [0.15, 0.2) is 28.7 Å². The summed E-state index contributed by atoms with van der Waals surface area (Å²) in [7, 11) is 0. The third-order valence-corrected chi connectivity index (χ3v) is 5.84. The number of hydrogen-bond acceptors (Lipinski definition) is 6. The fourth-order valence-corrected chi connectivity index (χ4v) is 3.80. The Hall–Kier alpha value is -1.76. The van der Waals surface area contributed by atoms with Gasteiger partial charge in [0.1, 0.15) is 11.4 Å². The maximum absolute atomic E-state index is 10.7. The lowest BCUT2D eigenvalue weighted by atomic mass is 9.76. The lowest BCUT2D eigenvalue weighted by Gasteiger charge is -2.49. The van der Waals surface area contributed by atoms with Crippen molar-refractivity contribution in [1.29, 1.82) is 0 Å². The summed E-state index contributed by atoms with van der Waals surface area (Å²) in [6.07, 6.45) is 4.59. The molecule has 3 rings (SSSR count). The van der Waals surface area contributed by atoms with Crippen molar-refractivity contribution in [3.8, 4) is 5.75 Å². The molecule has 1 saturated carbocycles. The van der Waals surface area contributed by atoms with Gasteiger partial charge in [0.2, 0.25) is 0 Å². The quantitative estimate of drug-likeness (QED) is 0.465. The van der Waals surface area contributed by atoms with E-state index < -0.39 is 4.92 Å². The monoisotopic (exact) mass is 322 g/mol. The Kier molecular flexibility index (Phi) is 3.76. The van der Waals surface area contributed by atoms with Crippen LogP contribution in [0.4, 0.5) is 5.69 Å². The van der Waals surface area contributed by atoms with Crippen molar-refractivity contribution in [1.82, 2.24) is 0 Å². The molecule has 2 aliphatic rings. The van der Waals surface area contributed by atoms with Gasteiger partial charge in [-0.25, -0.2) is 0 Å². The van der Waals surface area contributed by atoms with Gasteiger partial charge in [-0.1, -0.05) is 6.42 Å². The molecular formula is C15H18N2O4S. The van der Waals surface area contributed by atoms with Crippen molar-refractivity contribution in [3.05, 3.63) is 34.4 Å². The molecule has 1 aliphatic carbocycles. The van der Waals surface area contributed by atoms with Gasteiger partial charge in [-0.15, -0.1) is 4.40 Å². The second kappa shape index (κ2) is 5.46. The summed E-state index contributed by atoms with van der Waals surface area (Å²) in [4.78, 5) is 10.2. The minimum absolute atomic E-state index is 0.0278. The summed E-state index contributed by atoms with van der Waals surface area (Å²) in [5.74, 6) is 0.480. The molecule has 0 saturated heterocycles. The molecule has 0 amide bonds. The number of hydrogen-bond donors (Lipinski definition) is 0. The molecule has 6 nitrogen and oxygen atoms in total. The number of non-ortho nitro benzene ring substituents is 1. The van der Waals surface area contributed by atoms with Crippen molar-refractivity contribution in [2.45, 2.75) is 49.9 Å². The zero-order chi connectivity index (χ0) is 15.8. The Bertz CT molecular complexity index is 618. The summed E-state index contributed by atoms with van der Waals surface area (Å²) in [5.41, 5.74) is -0.270. The van der Waals surface area contributed by atoms with E-state index in [1.54, 1.807) is 12.1 Å². The van der Waals surface area contributed by atoms with E-state index in [9.17, 15) is 10.1 Å². The van der Waals surface area contributed by atoms with E-state index in [4.69, 9.17) is 9.47 Å². The first-order valence-electron chi connectivity index (χ1n) is 7.29. The van der Waals surface area contributed by atoms with E-state index in [2.05, 4.69) is 18.2 Å². The van der Waals surface area contributed by atoms with Crippen molar-refractivity contribution in [3.63, 3.8) is 0 Å². The topological polar surface area (TPSA) is 74.0 Å². The molecule has 0 N–H and O–H groups in total. The Morgan fingerprint density at radius 2 is 1.95 bits per heavy atom. The minimum atomic E-state index is -0.442. The van der Waals surface area contributed by atoms with Gasteiger partial charge in [0.15, 0.2) is 0 Å². The molecule has 1 fully saturated rings. The van der Waals surface area contributed by atoms with Gasteiger partial charge in [0, 0.05) is 12.1 Å². The predicted molar refractivity (Wildman–Crippen MR) is 85.1 cm³/mol. The van der Waals surface area contributed by atoms with Gasteiger partial charge in [0.05, 0.1) is 9.67 Å². The molecule has 0 spiro atoms. The fourth-order valence-electron chi connectivity index (χ4n) is 2.88. The third-order valence-electron chi connectivity index (χ3n) is 4.56. The highest BCUT2D eigenvalue weighted by molar-refractivity contribution is 7.99. The number of benzene rings is 1. The number of ether oxygens (including phenoxy) is 2. The number of rotatable bonds is 2. The molecule has 7 heteroatoms. The van der Waals surface area contributed by atoms with E-state index in [1.807, 2.05) is 0 Å². The maximum atomic E-state index is 10.7. The summed E-state index contributed by atoms with van der Waals surface area (Å²) in [5, 5.41) is 10.7. The highest BCUT2D eigenvalue weighted by Gasteiger charge is 2.52. The lowest BCUT2D eigenvalue weighted by Crippen LogP contribution is -2.55. The zero-order valence-electron chi connectivity index (χ0n) is 12.6. The molecular weight excluding hydrogens is 304 g/mol. The Morgan fingerprint density at radius 3 is 2.64 bits per heavy atom. The van der Waals surface area contributed by atoms with Gasteiger partial charge in [0.25, 0.3) is 5.69 Å². The molecule has 2 atom stereocenters. The number of nitro benzene ring substituents is 1. The molecule has 2 unspecified atom stereocenters. The summed E-state index contributed by atoms with van der Waals surface area (Å²) < 4.78 is 16.0. The fraction of sp³-hybridized carbons (Fsp3) is 0.533. The van der Waals surface area contributed by atoms with Gasteiger partial charge < -0.3 is 9.47 Å². The highest BCUT2D eigenvalue weighted by Crippen LogP contribution is 2.51. The molecule has 0 radical (unpaired) electrons. The Balaban J connectivity index is 1.75. The molecule has 118 valence electrons. The van der Waals surface area contributed by atoms with E-state index in [0.717, 1.165) is 19.3 Å². The molecule has 0 aromatic heterocycles. The summed E-state index contributed by atoms with van der Waals surface area (Å²) in [6, 6.07) is 5.90. The average molecular weight is 322 g/mol. The van der Waals surface area contributed by atoms with E-state index >= 15 is 0 Å². The van der Waals surface area contributed by atoms with Crippen LogP contribution in [-0.2, 0) is 4.74 Å². The van der Waals surface area contributed by atoms with Crippen LogP contribution in [-0.4, -0.2) is 21.4 Å². The third kappa shape index (κ3) is 2.65. The molecule has 1 aromatic rings. The Morgan fingerprint density at radius 1 is 1.27 bits per heavy atom. The highest BCUT2D eigenvalue weighted by atomic mass is 32.2. The smallest absolute Gasteiger partial charge is 0.401 e. The summed E-state index contributed by atoms with van der Waals surface area (Å²) >= 11 is 1.51. The molecule has 1 aliphatic heterocycles. The number of nitro groups is 1. The van der Waals surface area contributed by atoms with Gasteiger partial charge in [-0.05, 0) is 57.2 Å². The maximum Gasteiger partial charge on any atom is 0.401 e. The largest absolute Gasteiger partial charge is 0.442 e. The summed E-state index contributed by atoms with van der Waals surface area (Å²) in [6.45, 7) is 4.29. The van der Waals surface area contributed by atoms with Crippen LogP contribution in [0, 0.1) is 10.1 Å². The first-order valence-corrected chi connectivity index (χ1v) is 8.07. The average Bonchev–Trinajstić information content (AvgIpc) is 2.48. The second-order valence-corrected chi connectivity index (χ2v) is 7.34. The van der Waals surface area contributed by atoms with Crippen molar-refractivity contribution in [2.24, 2.45) is 4.40 Å². The second-order valence-electron chi connectivity index (χ2n) is 6.07. The predicted octanol–water partition coefficient (Wildman–Crippen LogP) is 4.10. The molecule has 1 aromatic carbocycles. The minimum Gasteiger partial charge on any atom is -0.442 e. The van der Waals surface area contributed by atoms with Crippen molar-refractivity contribution in [2.75, 3.05) is 0 Å². The molecule has 22 heavy (non-hydrogen) atoms. The van der Waals surface area contributed by atoms with Crippen LogP contribution in [0.1, 0.15) is 39.5 Å². The first-order chi connectivity index (χ1) is 10.4.